The van der Waals surface area contributed by atoms with Crippen LogP contribution >= 0.6 is 15.9 Å². The molecule has 0 radical (unpaired) electrons. The number of hydrogen-bond acceptors (Lipinski definition) is 2. The first-order chi connectivity index (χ1) is 9.10. The van der Waals surface area contributed by atoms with E-state index in [9.17, 15) is 9.18 Å². The maximum atomic E-state index is 13.2. The quantitative estimate of drug-likeness (QED) is 0.925. The molecule has 1 aromatic rings. The number of likely N-dealkylation sites (tertiary alicyclic amines) is 1. The molecule has 1 aliphatic rings. The third-order valence-corrected chi connectivity index (χ3v) is 4.23. The Balaban J connectivity index is 1.96. The van der Waals surface area contributed by atoms with Gasteiger partial charge in [-0.2, -0.15) is 0 Å². The smallest absolute Gasteiger partial charge is 0.252 e. The number of halogens is 2. The molecule has 1 aliphatic heterocycles. The molecule has 1 amide bonds. The molecule has 0 atom stereocenters. The van der Waals surface area contributed by atoms with Gasteiger partial charge in [0.25, 0.3) is 5.91 Å². The lowest BCUT2D eigenvalue weighted by molar-refractivity contribution is 0.0911. The summed E-state index contributed by atoms with van der Waals surface area (Å²) in [5.74, 6) is -0.601. The standard InChI is InChI=1S/C14H18BrFN2O/c1-2-18-7-5-11(6-8-18)17-14(19)12-9-10(16)3-4-13(12)15/h3-4,9,11H,2,5-8H2,1H3,(H,17,19). The minimum Gasteiger partial charge on any atom is -0.349 e. The Hall–Kier alpha value is -0.940. The van der Waals surface area contributed by atoms with Crippen molar-refractivity contribution in [3.8, 4) is 0 Å². The second-order valence-corrected chi connectivity index (χ2v) is 5.66. The van der Waals surface area contributed by atoms with Gasteiger partial charge in [0.05, 0.1) is 5.56 Å². The number of hydrogen-bond donors (Lipinski definition) is 1. The Kier molecular flexibility index (Phi) is 4.93. The molecule has 1 N–H and O–H groups in total. The lowest BCUT2D eigenvalue weighted by atomic mass is 10.0. The maximum absolute atomic E-state index is 13.2. The summed E-state index contributed by atoms with van der Waals surface area (Å²) in [6, 6.07) is 4.34. The van der Waals surface area contributed by atoms with E-state index >= 15 is 0 Å². The largest absolute Gasteiger partial charge is 0.349 e. The van der Waals surface area contributed by atoms with Gasteiger partial charge in [0, 0.05) is 23.6 Å². The summed E-state index contributed by atoms with van der Waals surface area (Å²) in [4.78, 5) is 14.5. The van der Waals surface area contributed by atoms with E-state index < -0.39 is 5.82 Å². The Morgan fingerprint density at radius 1 is 1.47 bits per heavy atom. The third-order valence-electron chi connectivity index (χ3n) is 3.54. The molecular formula is C14H18BrFN2O. The topological polar surface area (TPSA) is 32.3 Å². The van der Waals surface area contributed by atoms with Crippen molar-refractivity contribution < 1.29 is 9.18 Å². The monoisotopic (exact) mass is 328 g/mol. The maximum Gasteiger partial charge on any atom is 0.252 e. The third kappa shape index (κ3) is 3.76. The number of nitrogens with zero attached hydrogens (tertiary/aromatic N) is 1. The van der Waals surface area contributed by atoms with Crippen molar-refractivity contribution in [2.75, 3.05) is 19.6 Å². The molecule has 0 spiro atoms. The molecule has 1 aromatic carbocycles. The second-order valence-electron chi connectivity index (χ2n) is 4.81. The van der Waals surface area contributed by atoms with Gasteiger partial charge in [-0.05, 0) is 53.5 Å². The van der Waals surface area contributed by atoms with Crippen LogP contribution in [0.4, 0.5) is 4.39 Å². The zero-order valence-corrected chi connectivity index (χ0v) is 12.5. The fraction of sp³-hybridized carbons (Fsp3) is 0.500. The molecule has 2 rings (SSSR count). The zero-order chi connectivity index (χ0) is 13.8. The highest BCUT2D eigenvalue weighted by Crippen LogP contribution is 2.19. The highest BCUT2D eigenvalue weighted by molar-refractivity contribution is 9.10. The Labute approximate surface area is 121 Å². The van der Waals surface area contributed by atoms with Crippen molar-refractivity contribution in [2.45, 2.75) is 25.8 Å². The van der Waals surface area contributed by atoms with Crippen molar-refractivity contribution in [3.05, 3.63) is 34.1 Å². The van der Waals surface area contributed by atoms with E-state index in [4.69, 9.17) is 0 Å². The molecule has 0 aliphatic carbocycles. The first-order valence-electron chi connectivity index (χ1n) is 6.58. The van der Waals surface area contributed by atoms with Gasteiger partial charge in [0.15, 0.2) is 0 Å². The number of carbonyl (C=O) groups excluding carboxylic acids is 1. The fourth-order valence-corrected chi connectivity index (χ4v) is 2.75. The average Bonchev–Trinajstić information content (AvgIpc) is 2.42. The van der Waals surface area contributed by atoms with Crippen LogP contribution in [0.15, 0.2) is 22.7 Å². The van der Waals surface area contributed by atoms with Gasteiger partial charge in [-0.15, -0.1) is 0 Å². The molecule has 0 bridgehead atoms. The van der Waals surface area contributed by atoms with Gasteiger partial charge in [-0.3, -0.25) is 4.79 Å². The number of rotatable bonds is 3. The zero-order valence-electron chi connectivity index (χ0n) is 11.0. The summed E-state index contributed by atoms with van der Waals surface area (Å²) in [5.41, 5.74) is 0.359. The number of nitrogens with one attached hydrogen (secondary N) is 1. The van der Waals surface area contributed by atoms with Crippen LogP contribution in [-0.2, 0) is 0 Å². The predicted molar refractivity (Wildman–Crippen MR) is 76.7 cm³/mol. The molecule has 5 heteroatoms. The van der Waals surface area contributed by atoms with Crippen molar-refractivity contribution >= 4 is 21.8 Å². The average molecular weight is 329 g/mol. The molecule has 1 fully saturated rings. The van der Waals surface area contributed by atoms with Gasteiger partial charge >= 0.3 is 0 Å². The molecule has 104 valence electrons. The van der Waals surface area contributed by atoms with Gasteiger partial charge in [0.2, 0.25) is 0 Å². The van der Waals surface area contributed by atoms with Gasteiger partial charge in [0.1, 0.15) is 5.82 Å². The fourth-order valence-electron chi connectivity index (χ4n) is 2.33. The van der Waals surface area contributed by atoms with E-state index in [0.29, 0.717) is 10.0 Å². The second kappa shape index (κ2) is 6.48. The summed E-state index contributed by atoms with van der Waals surface area (Å²) >= 11 is 3.28. The molecule has 0 unspecified atom stereocenters. The van der Waals surface area contributed by atoms with Crippen LogP contribution in [0.3, 0.4) is 0 Å². The highest BCUT2D eigenvalue weighted by atomic mass is 79.9. The number of piperidine rings is 1. The van der Waals surface area contributed by atoms with Crippen molar-refractivity contribution in [2.24, 2.45) is 0 Å². The van der Waals surface area contributed by atoms with E-state index in [-0.39, 0.29) is 11.9 Å². The van der Waals surface area contributed by atoms with Crippen LogP contribution < -0.4 is 5.32 Å². The Bertz CT molecular complexity index is 459. The van der Waals surface area contributed by atoms with Crippen molar-refractivity contribution in [3.63, 3.8) is 0 Å². The molecular weight excluding hydrogens is 311 g/mol. The normalized spacial score (nSPS) is 17.4. The van der Waals surface area contributed by atoms with E-state index in [1.165, 1.54) is 12.1 Å². The van der Waals surface area contributed by atoms with E-state index in [1.807, 2.05) is 0 Å². The Morgan fingerprint density at radius 3 is 2.79 bits per heavy atom. The van der Waals surface area contributed by atoms with Crippen LogP contribution in [0.2, 0.25) is 0 Å². The van der Waals surface area contributed by atoms with Crippen molar-refractivity contribution in [1.29, 1.82) is 0 Å². The number of benzene rings is 1. The van der Waals surface area contributed by atoms with Crippen LogP contribution in [0.25, 0.3) is 0 Å². The lowest BCUT2D eigenvalue weighted by Crippen LogP contribution is -2.44. The molecule has 3 nitrogen and oxygen atoms in total. The van der Waals surface area contributed by atoms with Gasteiger partial charge in [-0.25, -0.2) is 4.39 Å². The van der Waals surface area contributed by atoms with Crippen LogP contribution in [0, 0.1) is 5.82 Å². The minimum atomic E-state index is -0.394. The summed E-state index contributed by atoms with van der Waals surface area (Å²) in [5, 5.41) is 2.99. The molecule has 1 heterocycles. The Morgan fingerprint density at radius 2 is 2.16 bits per heavy atom. The summed E-state index contributed by atoms with van der Waals surface area (Å²) < 4.78 is 13.8. The summed E-state index contributed by atoms with van der Waals surface area (Å²) in [6.45, 7) is 5.20. The molecule has 1 saturated heterocycles. The highest BCUT2D eigenvalue weighted by Gasteiger charge is 2.21. The predicted octanol–water partition coefficient (Wildman–Crippen LogP) is 2.80. The minimum absolute atomic E-state index is 0.186. The van der Waals surface area contributed by atoms with Crippen LogP contribution in [-0.4, -0.2) is 36.5 Å². The van der Waals surface area contributed by atoms with Gasteiger partial charge in [-0.1, -0.05) is 6.92 Å². The first kappa shape index (κ1) is 14.5. The lowest BCUT2D eigenvalue weighted by Gasteiger charge is -2.31. The van der Waals surface area contributed by atoms with E-state index in [0.717, 1.165) is 32.5 Å². The molecule has 0 saturated carbocycles. The SMILES string of the molecule is CCN1CCC(NC(=O)c2cc(F)ccc2Br)CC1. The van der Waals surface area contributed by atoms with Gasteiger partial charge < -0.3 is 10.2 Å². The summed E-state index contributed by atoms with van der Waals surface area (Å²) in [6.07, 6.45) is 1.90. The molecule has 0 aromatic heterocycles. The van der Waals surface area contributed by atoms with E-state index in [2.05, 4.69) is 33.1 Å². The first-order valence-corrected chi connectivity index (χ1v) is 7.37. The molecule has 19 heavy (non-hydrogen) atoms. The van der Waals surface area contributed by atoms with Crippen molar-refractivity contribution in [1.82, 2.24) is 10.2 Å². The van der Waals surface area contributed by atoms with E-state index in [1.54, 1.807) is 6.07 Å². The van der Waals surface area contributed by atoms with Crippen LogP contribution in [0.5, 0.6) is 0 Å². The summed E-state index contributed by atoms with van der Waals surface area (Å²) in [7, 11) is 0. The van der Waals surface area contributed by atoms with Crippen LogP contribution in [0.1, 0.15) is 30.1 Å². The number of amides is 1. The number of carbonyl (C=O) groups is 1.